The summed E-state index contributed by atoms with van der Waals surface area (Å²) >= 11 is 0. The highest BCUT2D eigenvalue weighted by molar-refractivity contribution is 4.65. The zero-order valence-electron chi connectivity index (χ0n) is 8.60. The van der Waals surface area contributed by atoms with Gasteiger partial charge < -0.3 is 16.8 Å². The SMILES string of the molecule is NCCC[CH]CCCNCCCN. The van der Waals surface area contributed by atoms with Crippen molar-refractivity contribution in [1.82, 2.24) is 5.32 Å². The van der Waals surface area contributed by atoms with E-state index in [1.807, 2.05) is 0 Å². The predicted molar refractivity (Wildman–Crippen MR) is 58.4 cm³/mol. The first kappa shape index (κ1) is 12.9. The number of nitrogens with two attached hydrogens (primary N) is 2. The highest BCUT2D eigenvalue weighted by atomic mass is 14.8. The average molecular weight is 186 g/mol. The van der Waals surface area contributed by atoms with Crippen molar-refractivity contribution < 1.29 is 0 Å². The van der Waals surface area contributed by atoms with Gasteiger partial charge in [-0.3, -0.25) is 0 Å². The monoisotopic (exact) mass is 186 g/mol. The van der Waals surface area contributed by atoms with Crippen LogP contribution in [0.4, 0.5) is 0 Å². The van der Waals surface area contributed by atoms with Crippen molar-refractivity contribution in [2.75, 3.05) is 26.2 Å². The Labute approximate surface area is 82.3 Å². The minimum Gasteiger partial charge on any atom is -0.330 e. The van der Waals surface area contributed by atoms with Crippen molar-refractivity contribution in [2.24, 2.45) is 11.5 Å². The maximum Gasteiger partial charge on any atom is -0.00369 e. The van der Waals surface area contributed by atoms with Gasteiger partial charge in [0.15, 0.2) is 0 Å². The molecule has 0 heterocycles. The highest BCUT2D eigenvalue weighted by Gasteiger charge is 1.90. The van der Waals surface area contributed by atoms with Gasteiger partial charge in [-0.1, -0.05) is 0 Å². The average Bonchev–Trinajstić information content (AvgIpc) is 2.16. The number of unbranched alkanes of at least 4 members (excludes halogenated alkanes) is 4. The quantitative estimate of drug-likeness (QED) is 0.439. The van der Waals surface area contributed by atoms with Gasteiger partial charge in [0.2, 0.25) is 0 Å². The first-order valence-electron chi connectivity index (χ1n) is 5.34. The number of nitrogens with one attached hydrogen (secondary N) is 1. The van der Waals surface area contributed by atoms with E-state index in [9.17, 15) is 0 Å². The fourth-order valence-corrected chi connectivity index (χ4v) is 1.13. The van der Waals surface area contributed by atoms with E-state index in [0.29, 0.717) is 0 Å². The Morgan fingerprint density at radius 2 is 1.46 bits per heavy atom. The van der Waals surface area contributed by atoms with Gasteiger partial charge in [0.05, 0.1) is 0 Å². The fourth-order valence-electron chi connectivity index (χ4n) is 1.13. The molecule has 0 saturated carbocycles. The first-order valence-corrected chi connectivity index (χ1v) is 5.34. The summed E-state index contributed by atoms with van der Waals surface area (Å²) in [6.07, 6.45) is 8.14. The minimum absolute atomic E-state index is 0.787. The lowest BCUT2D eigenvalue weighted by atomic mass is 10.1. The third-order valence-electron chi connectivity index (χ3n) is 1.93. The molecule has 0 unspecified atom stereocenters. The summed E-state index contributed by atoms with van der Waals surface area (Å²) in [5, 5.41) is 3.35. The van der Waals surface area contributed by atoms with Crippen molar-refractivity contribution in [2.45, 2.75) is 32.1 Å². The van der Waals surface area contributed by atoms with Crippen molar-refractivity contribution in [3.8, 4) is 0 Å². The molecule has 3 nitrogen and oxygen atoms in total. The molecule has 13 heavy (non-hydrogen) atoms. The largest absolute Gasteiger partial charge is 0.330 e. The van der Waals surface area contributed by atoms with Gasteiger partial charge in [0.1, 0.15) is 0 Å². The molecule has 0 amide bonds. The third kappa shape index (κ3) is 11.9. The maximum absolute atomic E-state index is 5.38. The van der Waals surface area contributed by atoms with Crippen LogP contribution in [0.5, 0.6) is 0 Å². The summed E-state index contributed by atoms with van der Waals surface area (Å²) < 4.78 is 0. The van der Waals surface area contributed by atoms with Crippen LogP contribution < -0.4 is 16.8 Å². The number of hydrogen-bond donors (Lipinski definition) is 3. The number of rotatable bonds is 10. The molecule has 0 rings (SSSR count). The zero-order chi connectivity index (χ0) is 9.78. The second-order valence-electron chi connectivity index (χ2n) is 3.25. The van der Waals surface area contributed by atoms with Crippen LogP contribution in [0, 0.1) is 6.42 Å². The van der Waals surface area contributed by atoms with Gasteiger partial charge in [-0.25, -0.2) is 0 Å². The molecule has 0 fully saturated rings. The van der Waals surface area contributed by atoms with Crippen LogP contribution >= 0.6 is 0 Å². The Balaban J connectivity index is 2.76. The van der Waals surface area contributed by atoms with Gasteiger partial charge in [-0.05, 0) is 64.7 Å². The molecule has 0 aliphatic heterocycles. The summed E-state index contributed by atoms with van der Waals surface area (Å²) in [6, 6.07) is 0. The molecule has 0 aromatic heterocycles. The maximum atomic E-state index is 5.38. The van der Waals surface area contributed by atoms with E-state index in [1.54, 1.807) is 0 Å². The lowest BCUT2D eigenvalue weighted by Crippen LogP contribution is -2.19. The van der Waals surface area contributed by atoms with Crippen LogP contribution in [0.15, 0.2) is 0 Å². The van der Waals surface area contributed by atoms with Crippen LogP contribution in [-0.4, -0.2) is 26.2 Å². The van der Waals surface area contributed by atoms with Gasteiger partial charge >= 0.3 is 0 Å². The Hall–Kier alpha value is -0.120. The van der Waals surface area contributed by atoms with Crippen LogP contribution in [0.25, 0.3) is 0 Å². The molecule has 79 valence electrons. The van der Waals surface area contributed by atoms with Gasteiger partial charge in [0, 0.05) is 0 Å². The molecule has 5 N–H and O–H groups in total. The molecular formula is C10H24N3. The van der Waals surface area contributed by atoms with E-state index in [1.165, 1.54) is 19.3 Å². The summed E-state index contributed by atoms with van der Waals surface area (Å²) in [5.74, 6) is 0. The Morgan fingerprint density at radius 3 is 2.15 bits per heavy atom. The van der Waals surface area contributed by atoms with E-state index in [4.69, 9.17) is 11.5 Å². The van der Waals surface area contributed by atoms with Crippen LogP contribution in [0.1, 0.15) is 32.1 Å². The summed E-state index contributed by atoms with van der Waals surface area (Å²) in [6.45, 7) is 3.76. The summed E-state index contributed by atoms with van der Waals surface area (Å²) in [4.78, 5) is 0. The Kier molecular flexibility index (Phi) is 11.8. The summed E-state index contributed by atoms with van der Waals surface area (Å²) in [5.41, 5.74) is 10.7. The van der Waals surface area contributed by atoms with Crippen LogP contribution in [0.2, 0.25) is 0 Å². The molecule has 0 aromatic rings. The molecule has 0 spiro atoms. The Bertz CT molecular complexity index is 76.2. The number of hydrogen-bond acceptors (Lipinski definition) is 3. The van der Waals surface area contributed by atoms with Crippen molar-refractivity contribution in [3.63, 3.8) is 0 Å². The molecule has 0 atom stereocenters. The van der Waals surface area contributed by atoms with Crippen LogP contribution in [-0.2, 0) is 0 Å². The van der Waals surface area contributed by atoms with Crippen molar-refractivity contribution in [3.05, 3.63) is 6.42 Å². The predicted octanol–water partition coefficient (Wildman–Crippen LogP) is 0.648. The molecule has 0 aromatic carbocycles. The molecule has 1 radical (unpaired) electrons. The van der Waals surface area contributed by atoms with E-state index in [2.05, 4.69) is 11.7 Å². The lowest BCUT2D eigenvalue weighted by molar-refractivity contribution is 0.616. The molecule has 0 aliphatic rings. The van der Waals surface area contributed by atoms with Gasteiger partial charge in [-0.2, -0.15) is 0 Å². The highest BCUT2D eigenvalue weighted by Crippen LogP contribution is 1.99. The smallest absolute Gasteiger partial charge is 0.00369 e. The second-order valence-corrected chi connectivity index (χ2v) is 3.25. The van der Waals surface area contributed by atoms with Gasteiger partial charge in [-0.15, -0.1) is 0 Å². The van der Waals surface area contributed by atoms with Crippen molar-refractivity contribution >= 4 is 0 Å². The zero-order valence-corrected chi connectivity index (χ0v) is 8.60. The van der Waals surface area contributed by atoms with E-state index >= 15 is 0 Å². The summed E-state index contributed by atoms with van der Waals surface area (Å²) in [7, 11) is 0. The van der Waals surface area contributed by atoms with Crippen LogP contribution in [0.3, 0.4) is 0 Å². The third-order valence-corrected chi connectivity index (χ3v) is 1.93. The molecule has 0 bridgehead atoms. The standard InChI is InChI=1S/C10H24N3/c11-7-4-2-1-3-5-9-13-10-6-8-12/h1,13H,2-12H2. The molecule has 0 saturated heterocycles. The molecule has 0 aliphatic carbocycles. The minimum atomic E-state index is 0.787. The normalized spacial score (nSPS) is 10.6. The second kappa shape index (κ2) is 11.9. The lowest BCUT2D eigenvalue weighted by Gasteiger charge is -2.02. The fraction of sp³-hybridized carbons (Fsp3) is 0.900. The van der Waals surface area contributed by atoms with Gasteiger partial charge in [0.25, 0.3) is 0 Å². The van der Waals surface area contributed by atoms with Crippen molar-refractivity contribution in [1.29, 1.82) is 0 Å². The van der Waals surface area contributed by atoms with E-state index in [-0.39, 0.29) is 0 Å². The first-order chi connectivity index (χ1) is 6.41. The van der Waals surface area contributed by atoms with E-state index < -0.39 is 0 Å². The molecule has 3 heteroatoms. The van der Waals surface area contributed by atoms with E-state index in [0.717, 1.165) is 39.0 Å². The topological polar surface area (TPSA) is 64.1 Å². The Morgan fingerprint density at radius 1 is 0.846 bits per heavy atom. The molecular weight excluding hydrogens is 162 g/mol.